The molecule has 1 aromatic rings. The molecule has 4 nitrogen and oxygen atoms in total. The van der Waals surface area contributed by atoms with E-state index in [0.717, 1.165) is 31.5 Å². The van der Waals surface area contributed by atoms with Crippen molar-refractivity contribution in [3.8, 4) is 0 Å². The predicted octanol–water partition coefficient (Wildman–Crippen LogP) is 1.15. The monoisotopic (exact) mass is 248 g/mol. The van der Waals surface area contributed by atoms with E-state index in [1.807, 2.05) is 30.3 Å². The summed E-state index contributed by atoms with van der Waals surface area (Å²) in [5, 5.41) is 0. The van der Waals surface area contributed by atoms with Crippen LogP contribution in [0, 0.1) is 0 Å². The summed E-state index contributed by atoms with van der Waals surface area (Å²) in [5.41, 5.74) is 6.84. The third-order valence-electron chi connectivity index (χ3n) is 3.23. The van der Waals surface area contributed by atoms with Crippen LogP contribution < -0.4 is 5.73 Å². The first-order valence-electron chi connectivity index (χ1n) is 6.41. The molecule has 1 fully saturated rings. The fraction of sp³-hybridized carbons (Fsp3) is 0.500. The fourth-order valence-corrected chi connectivity index (χ4v) is 2.08. The maximum atomic E-state index is 11.7. The number of carbonyl (C=O) groups is 1. The summed E-state index contributed by atoms with van der Waals surface area (Å²) >= 11 is 0. The topological polar surface area (TPSA) is 55.6 Å². The summed E-state index contributed by atoms with van der Waals surface area (Å²) in [7, 11) is 0. The van der Waals surface area contributed by atoms with Crippen molar-refractivity contribution in [2.45, 2.75) is 25.5 Å². The van der Waals surface area contributed by atoms with Crippen molar-refractivity contribution in [1.82, 2.24) is 4.90 Å². The zero-order chi connectivity index (χ0) is 12.8. The number of esters is 1. The van der Waals surface area contributed by atoms with Gasteiger partial charge in [0.1, 0.15) is 6.61 Å². The molecule has 0 radical (unpaired) electrons. The van der Waals surface area contributed by atoms with Crippen LogP contribution in [0.5, 0.6) is 0 Å². The van der Waals surface area contributed by atoms with Crippen molar-refractivity contribution >= 4 is 5.97 Å². The van der Waals surface area contributed by atoms with Crippen molar-refractivity contribution in [2.24, 2.45) is 5.73 Å². The maximum absolute atomic E-state index is 11.7. The molecule has 1 aromatic carbocycles. The average molecular weight is 248 g/mol. The Balaban J connectivity index is 1.69. The normalized spacial score (nSPS) is 17.6. The molecule has 0 spiro atoms. The molecule has 0 bridgehead atoms. The molecule has 1 aliphatic rings. The Bertz CT molecular complexity index is 373. The first-order valence-corrected chi connectivity index (χ1v) is 6.41. The van der Waals surface area contributed by atoms with Crippen LogP contribution in [0.4, 0.5) is 0 Å². The number of hydrogen-bond acceptors (Lipinski definition) is 4. The Labute approximate surface area is 108 Å². The number of benzene rings is 1. The fourth-order valence-electron chi connectivity index (χ4n) is 2.08. The highest BCUT2D eigenvalue weighted by Gasteiger charge is 2.18. The molecule has 0 atom stereocenters. The van der Waals surface area contributed by atoms with Gasteiger partial charge in [0.05, 0.1) is 6.54 Å². The SMILES string of the molecule is NC1CCN(CC(=O)OCc2ccccc2)CC1. The smallest absolute Gasteiger partial charge is 0.320 e. The second-order valence-corrected chi connectivity index (χ2v) is 4.76. The van der Waals surface area contributed by atoms with Gasteiger partial charge in [-0.2, -0.15) is 0 Å². The number of nitrogens with two attached hydrogens (primary N) is 1. The van der Waals surface area contributed by atoms with Crippen molar-refractivity contribution in [3.05, 3.63) is 35.9 Å². The highest BCUT2D eigenvalue weighted by molar-refractivity contribution is 5.71. The highest BCUT2D eigenvalue weighted by Crippen LogP contribution is 2.08. The van der Waals surface area contributed by atoms with Gasteiger partial charge in [0.2, 0.25) is 0 Å². The number of nitrogens with zero attached hydrogens (tertiary/aromatic N) is 1. The van der Waals surface area contributed by atoms with Crippen LogP contribution in [0.1, 0.15) is 18.4 Å². The standard InChI is InChI=1S/C14H20N2O2/c15-13-6-8-16(9-7-13)10-14(17)18-11-12-4-2-1-3-5-12/h1-5,13H,6-11,15H2. The van der Waals surface area contributed by atoms with Gasteiger partial charge in [-0.15, -0.1) is 0 Å². The summed E-state index contributed by atoms with van der Waals surface area (Å²) in [6, 6.07) is 10.0. The minimum atomic E-state index is -0.158. The number of carbonyl (C=O) groups excluding carboxylic acids is 1. The van der Waals surface area contributed by atoms with Gasteiger partial charge in [0, 0.05) is 19.1 Å². The summed E-state index contributed by atoms with van der Waals surface area (Å²) in [4.78, 5) is 13.8. The third kappa shape index (κ3) is 4.13. The molecule has 0 amide bonds. The molecule has 1 aliphatic heterocycles. The quantitative estimate of drug-likeness (QED) is 0.812. The molecule has 18 heavy (non-hydrogen) atoms. The van der Waals surface area contributed by atoms with E-state index >= 15 is 0 Å². The first-order chi connectivity index (χ1) is 8.74. The lowest BCUT2D eigenvalue weighted by atomic mass is 10.1. The maximum Gasteiger partial charge on any atom is 0.320 e. The highest BCUT2D eigenvalue weighted by atomic mass is 16.5. The van der Waals surface area contributed by atoms with E-state index in [4.69, 9.17) is 10.5 Å². The number of piperidine rings is 1. The predicted molar refractivity (Wildman–Crippen MR) is 69.9 cm³/mol. The minimum Gasteiger partial charge on any atom is -0.460 e. The molecule has 2 N–H and O–H groups in total. The number of likely N-dealkylation sites (tertiary alicyclic amines) is 1. The number of rotatable bonds is 4. The van der Waals surface area contributed by atoms with Crippen molar-refractivity contribution in [1.29, 1.82) is 0 Å². The average Bonchev–Trinajstić information content (AvgIpc) is 2.40. The molecule has 98 valence electrons. The van der Waals surface area contributed by atoms with Crippen LogP contribution in [-0.2, 0) is 16.1 Å². The number of hydrogen-bond donors (Lipinski definition) is 1. The van der Waals surface area contributed by atoms with Gasteiger partial charge in [-0.25, -0.2) is 0 Å². The lowest BCUT2D eigenvalue weighted by molar-refractivity contribution is -0.146. The molecule has 1 saturated heterocycles. The molecule has 0 saturated carbocycles. The van der Waals surface area contributed by atoms with Gasteiger partial charge < -0.3 is 10.5 Å². The Morgan fingerprint density at radius 2 is 1.94 bits per heavy atom. The molecule has 0 aromatic heterocycles. The molecular formula is C14H20N2O2. The van der Waals surface area contributed by atoms with Gasteiger partial charge in [0.25, 0.3) is 0 Å². The second kappa shape index (κ2) is 6.52. The lowest BCUT2D eigenvalue weighted by Gasteiger charge is -2.29. The second-order valence-electron chi connectivity index (χ2n) is 4.76. The van der Waals surface area contributed by atoms with E-state index in [9.17, 15) is 4.79 Å². The van der Waals surface area contributed by atoms with Gasteiger partial charge in [-0.05, 0) is 18.4 Å². The first kappa shape index (κ1) is 13.1. The molecule has 0 unspecified atom stereocenters. The molecule has 1 heterocycles. The summed E-state index contributed by atoms with van der Waals surface area (Å²) < 4.78 is 5.25. The Hall–Kier alpha value is -1.39. The van der Waals surface area contributed by atoms with E-state index in [1.54, 1.807) is 0 Å². The summed E-state index contributed by atoms with van der Waals surface area (Å²) in [6.45, 7) is 2.51. The zero-order valence-electron chi connectivity index (χ0n) is 10.5. The van der Waals surface area contributed by atoms with Crippen LogP contribution in [0.25, 0.3) is 0 Å². The molecule has 4 heteroatoms. The van der Waals surface area contributed by atoms with Crippen molar-refractivity contribution < 1.29 is 9.53 Å². The van der Waals surface area contributed by atoms with Gasteiger partial charge in [-0.1, -0.05) is 30.3 Å². The Morgan fingerprint density at radius 3 is 2.61 bits per heavy atom. The van der Waals surface area contributed by atoms with Crippen molar-refractivity contribution in [2.75, 3.05) is 19.6 Å². The van der Waals surface area contributed by atoms with E-state index in [0.29, 0.717) is 19.2 Å². The van der Waals surface area contributed by atoms with Gasteiger partial charge in [-0.3, -0.25) is 9.69 Å². The number of ether oxygens (including phenoxy) is 1. The van der Waals surface area contributed by atoms with Crippen LogP contribution in [0.3, 0.4) is 0 Å². The largest absolute Gasteiger partial charge is 0.460 e. The van der Waals surface area contributed by atoms with Gasteiger partial charge in [0.15, 0.2) is 0 Å². The Kier molecular flexibility index (Phi) is 4.73. The summed E-state index contributed by atoms with van der Waals surface area (Å²) in [6.07, 6.45) is 1.93. The third-order valence-corrected chi connectivity index (χ3v) is 3.23. The molecule has 2 rings (SSSR count). The lowest BCUT2D eigenvalue weighted by Crippen LogP contribution is -2.42. The summed E-state index contributed by atoms with van der Waals surface area (Å²) in [5.74, 6) is -0.158. The van der Waals surface area contributed by atoms with E-state index in [-0.39, 0.29) is 5.97 Å². The van der Waals surface area contributed by atoms with E-state index in [2.05, 4.69) is 4.90 Å². The van der Waals surface area contributed by atoms with Gasteiger partial charge >= 0.3 is 5.97 Å². The molecule has 0 aliphatic carbocycles. The van der Waals surface area contributed by atoms with Crippen LogP contribution >= 0.6 is 0 Å². The molecular weight excluding hydrogens is 228 g/mol. The van der Waals surface area contributed by atoms with E-state index in [1.165, 1.54) is 0 Å². The minimum absolute atomic E-state index is 0.158. The van der Waals surface area contributed by atoms with Crippen molar-refractivity contribution in [3.63, 3.8) is 0 Å². The van der Waals surface area contributed by atoms with Crippen LogP contribution in [0.15, 0.2) is 30.3 Å². The Morgan fingerprint density at radius 1 is 1.28 bits per heavy atom. The zero-order valence-corrected chi connectivity index (χ0v) is 10.5. The van der Waals surface area contributed by atoms with Crippen LogP contribution in [-0.4, -0.2) is 36.5 Å². The van der Waals surface area contributed by atoms with E-state index < -0.39 is 0 Å². The van der Waals surface area contributed by atoms with Crippen LogP contribution in [0.2, 0.25) is 0 Å².